The standard InChI is InChI=1S/C16H18N2/c1-11(10-17)18-14-6-7-16-13(9-14)8-12-4-2-3-5-15(12)16/h2-7,9,11,18H,8,10,17H2,1H3. The van der Waals surface area contributed by atoms with Crippen LogP contribution in [0.5, 0.6) is 0 Å². The average Bonchev–Trinajstić information content (AvgIpc) is 2.76. The van der Waals surface area contributed by atoms with Crippen molar-refractivity contribution >= 4 is 5.69 Å². The average molecular weight is 238 g/mol. The number of rotatable bonds is 3. The lowest BCUT2D eigenvalue weighted by atomic mass is 10.1. The van der Waals surface area contributed by atoms with Gasteiger partial charge >= 0.3 is 0 Å². The quantitative estimate of drug-likeness (QED) is 0.736. The zero-order valence-corrected chi connectivity index (χ0v) is 10.6. The van der Waals surface area contributed by atoms with Gasteiger partial charge in [-0.2, -0.15) is 0 Å². The zero-order chi connectivity index (χ0) is 12.5. The summed E-state index contributed by atoms with van der Waals surface area (Å²) in [5, 5.41) is 3.42. The molecule has 2 aromatic rings. The van der Waals surface area contributed by atoms with Crippen molar-refractivity contribution in [1.82, 2.24) is 0 Å². The van der Waals surface area contributed by atoms with E-state index in [0.717, 1.165) is 6.42 Å². The molecule has 0 saturated carbocycles. The van der Waals surface area contributed by atoms with Crippen molar-refractivity contribution < 1.29 is 0 Å². The predicted octanol–water partition coefficient (Wildman–Crippen LogP) is 3.02. The summed E-state index contributed by atoms with van der Waals surface area (Å²) in [6.07, 6.45) is 1.04. The van der Waals surface area contributed by atoms with E-state index >= 15 is 0 Å². The molecule has 1 aliphatic rings. The van der Waals surface area contributed by atoms with Crippen molar-refractivity contribution in [3.63, 3.8) is 0 Å². The highest BCUT2D eigenvalue weighted by atomic mass is 14.9. The van der Waals surface area contributed by atoms with E-state index in [0.29, 0.717) is 12.6 Å². The van der Waals surface area contributed by atoms with Gasteiger partial charge in [0.1, 0.15) is 0 Å². The molecular weight excluding hydrogens is 220 g/mol. The van der Waals surface area contributed by atoms with Crippen LogP contribution < -0.4 is 11.1 Å². The lowest BCUT2D eigenvalue weighted by Gasteiger charge is -2.13. The highest BCUT2D eigenvalue weighted by molar-refractivity contribution is 5.78. The van der Waals surface area contributed by atoms with Gasteiger partial charge in [-0.3, -0.25) is 0 Å². The van der Waals surface area contributed by atoms with Gasteiger partial charge in [0.05, 0.1) is 0 Å². The van der Waals surface area contributed by atoms with Gasteiger partial charge in [-0.25, -0.2) is 0 Å². The number of hydrogen-bond donors (Lipinski definition) is 2. The number of benzene rings is 2. The number of hydrogen-bond acceptors (Lipinski definition) is 2. The van der Waals surface area contributed by atoms with E-state index in [-0.39, 0.29) is 0 Å². The first-order chi connectivity index (χ1) is 8.78. The fraction of sp³-hybridized carbons (Fsp3) is 0.250. The van der Waals surface area contributed by atoms with Gasteiger partial charge in [0, 0.05) is 18.3 Å². The minimum absolute atomic E-state index is 0.312. The van der Waals surface area contributed by atoms with E-state index in [9.17, 15) is 0 Å². The topological polar surface area (TPSA) is 38.0 Å². The van der Waals surface area contributed by atoms with E-state index in [2.05, 4.69) is 54.7 Å². The summed E-state index contributed by atoms with van der Waals surface area (Å²) < 4.78 is 0. The number of nitrogens with two attached hydrogens (primary N) is 1. The third-order valence-electron chi connectivity index (χ3n) is 3.56. The highest BCUT2D eigenvalue weighted by Gasteiger charge is 2.17. The molecule has 2 heteroatoms. The minimum Gasteiger partial charge on any atom is -0.381 e. The zero-order valence-electron chi connectivity index (χ0n) is 10.6. The van der Waals surface area contributed by atoms with Crippen molar-refractivity contribution in [2.45, 2.75) is 19.4 Å². The van der Waals surface area contributed by atoms with Crippen LogP contribution in [0, 0.1) is 0 Å². The Morgan fingerprint density at radius 3 is 2.72 bits per heavy atom. The minimum atomic E-state index is 0.312. The summed E-state index contributed by atoms with van der Waals surface area (Å²) in [6.45, 7) is 2.75. The Morgan fingerprint density at radius 2 is 1.89 bits per heavy atom. The smallest absolute Gasteiger partial charge is 0.0355 e. The fourth-order valence-electron chi connectivity index (χ4n) is 2.58. The maximum Gasteiger partial charge on any atom is 0.0355 e. The fourth-order valence-corrected chi connectivity index (χ4v) is 2.58. The van der Waals surface area contributed by atoms with Crippen molar-refractivity contribution in [3.8, 4) is 11.1 Å². The van der Waals surface area contributed by atoms with Gasteiger partial charge in [-0.05, 0) is 47.7 Å². The molecule has 0 fully saturated rings. The first kappa shape index (κ1) is 11.3. The summed E-state index contributed by atoms with van der Waals surface area (Å²) in [7, 11) is 0. The Kier molecular flexibility index (Phi) is 2.80. The second-order valence-electron chi connectivity index (χ2n) is 4.99. The predicted molar refractivity (Wildman–Crippen MR) is 76.8 cm³/mol. The normalized spacial score (nSPS) is 13.9. The molecule has 2 nitrogen and oxygen atoms in total. The van der Waals surface area contributed by atoms with Crippen molar-refractivity contribution in [2.75, 3.05) is 11.9 Å². The Morgan fingerprint density at radius 1 is 1.11 bits per heavy atom. The number of fused-ring (bicyclic) bond motifs is 3. The van der Waals surface area contributed by atoms with Gasteiger partial charge in [0.2, 0.25) is 0 Å². The van der Waals surface area contributed by atoms with E-state index in [1.807, 2.05) is 0 Å². The first-order valence-electron chi connectivity index (χ1n) is 6.46. The Hall–Kier alpha value is -1.80. The van der Waals surface area contributed by atoms with Crippen LogP contribution >= 0.6 is 0 Å². The maximum atomic E-state index is 5.64. The molecule has 0 saturated heterocycles. The molecule has 18 heavy (non-hydrogen) atoms. The van der Waals surface area contributed by atoms with Crippen LogP contribution in [0.1, 0.15) is 18.1 Å². The lowest BCUT2D eigenvalue weighted by Crippen LogP contribution is -2.25. The Labute approximate surface area is 108 Å². The molecule has 0 aromatic heterocycles. The van der Waals surface area contributed by atoms with Crippen LogP contribution in [0.3, 0.4) is 0 Å². The summed E-state index contributed by atoms with van der Waals surface area (Å²) >= 11 is 0. The van der Waals surface area contributed by atoms with Crippen LogP contribution in [-0.4, -0.2) is 12.6 Å². The largest absolute Gasteiger partial charge is 0.381 e. The molecule has 1 unspecified atom stereocenters. The van der Waals surface area contributed by atoms with Crippen LogP contribution in [-0.2, 0) is 6.42 Å². The van der Waals surface area contributed by atoms with Gasteiger partial charge < -0.3 is 11.1 Å². The summed E-state index contributed by atoms with van der Waals surface area (Å²) in [5.41, 5.74) is 12.4. The number of anilines is 1. The third kappa shape index (κ3) is 1.89. The van der Waals surface area contributed by atoms with Gasteiger partial charge in [0.15, 0.2) is 0 Å². The molecule has 2 aromatic carbocycles. The molecule has 3 rings (SSSR count). The van der Waals surface area contributed by atoms with Crippen molar-refractivity contribution in [1.29, 1.82) is 0 Å². The summed E-state index contributed by atoms with van der Waals surface area (Å²) in [6, 6.07) is 15.6. The Balaban J connectivity index is 1.93. The monoisotopic (exact) mass is 238 g/mol. The molecule has 3 N–H and O–H groups in total. The second kappa shape index (κ2) is 4.46. The molecule has 0 heterocycles. The molecule has 1 atom stereocenters. The van der Waals surface area contributed by atoms with E-state index < -0.39 is 0 Å². The van der Waals surface area contributed by atoms with Crippen LogP contribution in [0.4, 0.5) is 5.69 Å². The molecule has 92 valence electrons. The first-order valence-corrected chi connectivity index (χ1v) is 6.46. The second-order valence-corrected chi connectivity index (χ2v) is 4.99. The van der Waals surface area contributed by atoms with Gasteiger partial charge in [-0.1, -0.05) is 30.3 Å². The van der Waals surface area contributed by atoms with Crippen LogP contribution in [0.2, 0.25) is 0 Å². The summed E-state index contributed by atoms with van der Waals surface area (Å²) in [4.78, 5) is 0. The SMILES string of the molecule is CC(CN)Nc1ccc2c(c1)Cc1ccccc1-2. The van der Waals surface area contributed by atoms with E-state index in [1.54, 1.807) is 0 Å². The van der Waals surface area contributed by atoms with Crippen LogP contribution in [0.25, 0.3) is 11.1 Å². The third-order valence-corrected chi connectivity index (χ3v) is 3.56. The molecule has 1 aliphatic carbocycles. The molecule has 0 aliphatic heterocycles. The molecule has 0 bridgehead atoms. The van der Waals surface area contributed by atoms with Crippen LogP contribution in [0.15, 0.2) is 42.5 Å². The van der Waals surface area contributed by atoms with Crippen molar-refractivity contribution in [3.05, 3.63) is 53.6 Å². The highest BCUT2D eigenvalue weighted by Crippen LogP contribution is 2.37. The molecule has 0 radical (unpaired) electrons. The lowest BCUT2D eigenvalue weighted by molar-refractivity contribution is 0.804. The molecule has 0 spiro atoms. The molecule has 0 amide bonds. The van der Waals surface area contributed by atoms with E-state index in [4.69, 9.17) is 5.73 Å². The summed E-state index contributed by atoms with van der Waals surface area (Å²) in [5.74, 6) is 0. The maximum absolute atomic E-state index is 5.64. The number of nitrogens with one attached hydrogen (secondary N) is 1. The molecular formula is C16H18N2. The van der Waals surface area contributed by atoms with Gasteiger partial charge in [0.25, 0.3) is 0 Å². The van der Waals surface area contributed by atoms with Gasteiger partial charge in [-0.15, -0.1) is 0 Å². The van der Waals surface area contributed by atoms with Crippen molar-refractivity contribution in [2.24, 2.45) is 5.73 Å². The van der Waals surface area contributed by atoms with E-state index in [1.165, 1.54) is 27.9 Å². The Bertz CT molecular complexity index is 575.